The van der Waals surface area contributed by atoms with Crippen LogP contribution in [0.25, 0.3) is 0 Å². The van der Waals surface area contributed by atoms with Crippen LogP contribution >= 0.6 is 11.8 Å². The quantitative estimate of drug-likeness (QED) is 0.586. The van der Waals surface area contributed by atoms with E-state index >= 15 is 0 Å². The number of aromatic nitrogens is 3. The van der Waals surface area contributed by atoms with Crippen LogP contribution in [0.2, 0.25) is 0 Å². The number of carbonyl (C=O) groups is 1. The molecule has 1 N–H and O–H groups in total. The summed E-state index contributed by atoms with van der Waals surface area (Å²) < 4.78 is 12.5. The summed E-state index contributed by atoms with van der Waals surface area (Å²) in [6.45, 7) is 2.57. The number of thioether (sulfide) groups is 1. The summed E-state index contributed by atoms with van der Waals surface area (Å²) >= 11 is 1.35. The lowest BCUT2D eigenvalue weighted by Gasteiger charge is -2.12. The number of anilines is 1. The molecule has 0 saturated carbocycles. The van der Waals surface area contributed by atoms with Crippen molar-refractivity contribution in [2.75, 3.05) is 25.3 Å². The number of hydrogen-bond donors (Lipinski definition) is 1. The van der Waals surface area contributed by atoms with Gasteiger partial charge in [-0.15, -0.1) is 10.2 Å². The Labute approximate surface area is 168 Å². The molecule has 146 valence electrons. The zero-order valence-electron chi connectivity index (χ0n) is 16.0. The Morgan fingerprint density at radius 3 is 2.61 bits per heavy atom. The highest BCUT2D eigenvalue weighted by atomic mass is 32.2. The monoisotopic (exact) mass is 398 g/mol. The van der Waals surface area contributed by atoms with Crippen molar-refractivity contribution in [2.45, 2.75) is 18.6 Å². The van der Waals surface area contributed by atoms with E-state index in [4.69, 9.17) is 9.47 Å². The van der Waals surface area contributed by atoms with Gasteiger partial charge in [-0.2, -0.15) is 0 Å². The zero-order valence-corrected chi connectivity index (χ0v) is 16.8. The second kappa shape index (κ2) is 9.27. The summed E-state index contributed by atoms with van der Waals surface area (Å²) in [7, 11) is 3.13. The van der Waals surface area contributed by atoms with Gasteiger partial charge in [0, 0.05) is 6.07 Å². The normalized spacial score (nSPS) is 10.5. The fraction of sp³-hybridized carbons (Fsp3) is 0.250. The molecule has 0 saturated heterocycles. The van der Waals surface area contributed by atoms with Crippen molar-refractivity contribution in [3.63, 3.8) is 0 Å². The molecule has 28 heavy (non-hydrogen) atoms. The molecule has 2 aromatic carbocycles. The molecule has 0 aliphatic carbocycles. The van der Waals surface area contributed by atoms with Gasteiger partial charge in [0.2, 0.25) is 5.91 Å². The van der Waals surface area contributed by atoms with Crippen LogP contribution in [0.3, 0.4) is 0 Å². The Hall–Kier alpha value is -3.00. The van der Waals surface area contributed by atoms with Crippen molar-refractivity contribution in [1.82, 2.24) is 14.8 Å². The van der Waals surface area contributed by atoms with Crippen molar-refractivity contribution in [2.24, 2.45) is 0 Å². The van der Waals surface area contributed by atoms with E-state index in [1.54, 1.807) is 32.4 Å². The Kier molecular flexibility index (Phi) is 6.54. The van der Waals surface area contributed by atoms with E-state index < -0.39 is 0 Å². The van der Waals surface area contributed by atoms with Crippen LogP contribution in [0, 0.1) is 6.92 Å². The number of nitrogens with one attached hydrogen (secondary N) is 1. The molecule has 1 amide bonds. The number of benzene rings is 2. The Morgan fingerprint density at radius 2 is 1.89 bits per heavy atom. The third-order valence-corrected chi connectivity index (χ3v) is 5.07. The predicted molar refractivity (Wildman–Crippen MR) is 109 cm³/mol. The van der Waals surface area contributed by atoms with E-state index in [2.05, 4.69) is 27.6 Å². The maximum Gasteiger partial charge on any atom is 0.234 e. The van der Waals surface area contributed by atoms with Crippen molar-refractivity contribution in [3.05, 3.63) is 59.9 Å². The van der Waals surface area contributed by atoms with Crippen LogP contribution in [-0.4, -0.2) is 40.6 Å². The molecule has 7 nitrogen and oxygen atoms in total. The lowest BCUT2D eigenvalue weighted by molar-refractivity contribution is -0.113. The van der Waals surface area contributed by atoms with E-state index in [0.717, 1.165) is 11.4 Å². The Morgan fingerprint density at radius 1 is 1.11 bits per heavy atom. The largest absolute Gasteiger partial charge is 0.497 e. The second-order valence-electron chi connectivity index (χ2n) is 6.00. The number of methoxy groups -OCH3 is 2. The molecule has 0 unspecified atom stereocenters. The van der Waals surface area contributed by atoms with Crippen LogP contribution in [0.4, 0.5) is 5.69 Å². The number of nitrogens with zero attached hydrogens (tertiary/aromatic N) is 3. The third-order valence-electron chi connectivity index (χ3n) is 4.10. The molecule has 8 heteroatoms. The molecule has 1 aromatic heterocycles. The van der Waals surface area contributed by atoms with Crippen LogP contribution in [-0.2, 0) is 11.3 Å². The highest BCUT2D eigenvalue weighted by Gasteiger charge is 2.14. The molecule has 0 atom stereocenters. The van der Waals surface area contributed by atoms with Gasteiger partial charge < -0.3 is 19.4 Å². The summed E-state index contributed by atoms with van der Waals surface area (Å²) in [5.41, 5.74) is 1.75. The van der Waals surface area contributed by atoms with Gasteiger partial charge >= 0.3 is 0 Å². The van der Waals surface area contributed by atoms with Crippen molar-refractivity contribution in [3.8, 4) is 11.5 Å². The maximum absolute atomic E-state index is 12.4. The average molecular weight is 398 g/mol. The molecule has 3 aromatic rings. The summed E-state index contributed by atoms with van der Waals surface area (Å²) in [5.74, 6) is 2.07. The predicted octanol–water partition coefficient (Wildman–Crippen LogP) is 3.38. The van der Waals surface area contributed by atoms with Gasteiger partial charge in [0.25, 0.3) is 0 Å². The lowest BCUT2D eigenvalue weighted by atomic mass is 10.2. The summed E-state index contributed by atoms with van der Waals surface area (Å²) in [6, 6.07) is 15.3. The topological polar surface area (TPSA) is 78.3 Å². The highest BCUT2D eigenvalue weighted by molar-refractivity contribution is 7.99. The van der Waals surface area contributed by atoms with E-state index in [1.807, 2.05) is 29.7 Å². The number of rotatable bonds is 8. The molecule has 1 heterocycles. The van der Waals surface area contributed by atoms with E-state index in [9.17, 15) is 4.79 Å². The van der Waals surface area contributed by atoms with Gasteiger partial charge in [-0.25, -0.2) is 0 Å². The molecule has 3 rings (SSSR count). The smallest absolute Gasteiger partial charge is 0.234 e. The highest BCUT2D eigenvalue weighted by Crippen LogP contribution is 2.29. The summed E-state index contributed by atoms with van der Waals surface area (Å²) in [6.07, 6.45) is 0. The van der Waals surface area contributed by atoms with Gasteiger partial charge in [-0.1, -0.05) is 42.1 Å². The fourth-order valence-electron chi connectivity index (χ4n) is 2.63. The average Bonchev–Trinajstić information content (AvgIpc) is 3.07. The SMILES string of the molecule is COc1ccc(NC(=O)CSc2nnc(C)n2Cc2ccccc2)c(OC)c1. The van der Waals surface area contributed by atoms with E-state index in [0.29, 0.717) is 28.9 Å². The molecular weight excluding hydrogens is 376 g/mol. The molecule has 0 aliphatic rings. The van der Waals surface area contributed by atoms with Crippen LogP contribution in [0.5, 0.6) is 11.5 Å². The van der Waals surface area contributed by atoms with Gasteiger partial charge in [0.05, 0.1) is 32.2 Å². The first-order valence-electron chi connectivity index (χ1n) is 8.69. The zero-order chi connectivity index (χ0) is 19.9. The number of aryl methyl sites for hydroxylation is 1. The third kappa shape index (κ3) is 4.83. The fourth-order valence-corrected chi connectivity index (χ4v) is 3.42. The van der Waals surface area contributed by atoms with E-state index in [1.165, 1.54) is 11.8 Å². The minimum Gasteiger partial charge on any atom is -0.497 e. The Balaban J connectivity index is 1.64. The lowest BCUT2D eigenvalue weighted by Crippen LogP contribution is -2.15. The number of ether oxygens (including phenoxy) is 2. The van der Waals surface area contributed by atoms with Crippen molar-refractivity contribution < 1.29 is 14.3 Å². The molecular formula is C20H22N4O3S. The van der Waals surface area contributed by atoms with Gasteiger partial charge in [-0.3, -0.25) is 4.79 Å². The number of carbonyl (C=O) groups excluding carboxylic acids is 1. The molecule has 0 spiro atoms. The maximum atomic E-state index is 12.4. The van der Waals surface area contributed by atoms with E-state index in [-0.39, 0.29) is 11.7 Å². The van der Waals surface area contributed by atoms with Crippen molar-refractivity contribution in [1.29, 1.82) is 0 Å². The Bertz CT molecular complexity index is 944. The minimum atomic E-state index is -0.152. The summed E-state index contributed by atoms with van der Waals surface area (Å²) in [4.78, 5) is 12.4. The van der Waals surface area contributed by atoms with Crippen LogP contribution in [0.15, 0.2) is 53.7 Å². The molecule has 0 fully saturated rings. The van der Waals surface area contributed by atoms with Crippen molar-refractivity contribution >= 4 is 23.4 Å². The molecule has 0 bridgehead atoms. The van der Waals surface area contributed by atoms with Gasteiger partial charge in [-0.05, 0) is 24.6 Å². The minimum absolute atomic E-state index is 0.152. The molecule has 0 radical (unpaired) electrons. The van der Waals surface area contributed by atoms with Gasteiger partial charge in [0.1, 0.15) is 17.3 Å². The number of hydrogen-bond acceptors (Lipinski definition) is 6. The van der Waals surface area contributed by atoms with Gasteiger partial charge in [0.15, 0.2) is 5.16 Å². The molecule has 0 aliphatic heterocycles. The second-order valence-corrected chi connectivity index (χ2v) is 6.95. The van der Waals surface area contributed by atoms with Crippen LogP contribution in [0.1, 0.15) is 11.4 Å². The first kappa shape index (κ1) is 19.8. The first-order chi connectivity index (χ1) is 13.6. The van der Waals surface area contributed by atoms with Crippen LogP contribution < -0.4 is 14.8 Å². The standard InChI is InChI=1S/C20H22N4O3S/c1-14-22-23-20(24(14)12-15-7-5-4-6-8-15)28-13-19(25)21-17-10-9-16(26-2)11-18(17)27-3/h4-11H,12-13H2,1-3H3,(H,21,25). The number of amides is 1. The summed E-state index contributed by atoms with van der Waals surface area (Å²) in [5, 5.41) is 11.9. The first-order valence-corrected chi connectivity index (χ1v) is 9.67.